The Kier molecular flexibility index (Phi) is 7.24. The molecular formula is C25H22Cl2N4O7. The van der Waals surface area contributed by atoms with Crippen LogP contribution in [-0.4, -0.2) is 63.0 Å². The minimum Gasteiger partial charge on any atom is -0.476 e. The number of aromatic nitrogens is 3. The van der Waals surface area contributed by atoms with Crippen LogP contribution in [0, 0.1) is 5.92 Å². The molecule has 0 aliphatic carbocycles. The quantitative estimate of drug-likeness (QED) is 0.467. The highest BCUT2D eigenvalue weighted by molar-refractivity contribution is 6.37. The number of ether oxygens (including phenoxy) is 2. The number of H-pyrrole nitrogens is 1. The van der Waals surface area contributed by atoms with Gasteiger partial charge in [0.15, 0.2) is 5.75 Å². The number of hydrogen-bond donors (Lipinski definition) is 2. The summed E-state index contributed by atoms with van der Waals surface area (Å²) in [6, 6.07) is 7.75. The molecule has 198 valence electrons. The monoisotopic (exact) mass is 560 g/mol. The molecule has 2 aliphatic heterocycles. The standard InChI is InChI=1S/C25H22Cl2N4O7/c26-18-10-15(31-25(36)28-22(32)20(29-31)24(34)35)11-19(27)21(18)38-16-1-2-17-14(9-16)3-6-30(23(17)33)12-13-4-7-37-8-5-13/h1-2,9-11,13H,3-8,12H2,(H,34,35)(H,28,32,36). The van der Waals surface area contributed by atoms with Gasteiger partial charge in [-0.25, -0.2) is 9.59 Å². The third-order valence-electron chi connectivity index (χ3n) is 6.54. The average molecular weight is 561 g/mol. The molecule has 0 atom stereocenters. The SMILES string of the molecule is O=C(O)c1nn(-c2cc(Cl)c(Oc3ccc4c(c3)CCN(CC3CCOCC3)C4=O)c(Cl)c2)c(=O)[nH]c1=O. The van der Waals surface area contributed by atoms with Crippen LogP contribution in [0.5, 0.6) is 11.5 Å². The van der Waals surface area contributed by atoms with Crippen LogP contribution < -0.4 is 16.0 Å². The zero-order valence-corrected chi connectivity index (χ0v) is 21.4. The molecule has 0 unspecified atom stereocenters. The number of hydrogen-bond acceptors (Lipinski definition) is 7. The van der Waals surface area contributed by atoms with Gasteiger partial charge in [0.25, 0.3) is 11.5 Å². The van der Waals surface area contributed by atoms with E-state index in [1.165, 1.54) is 12.1 Å². The van der Waals surface area contributed by atoms with E-state index in [2.05, 4.69) is 5.10 Å². The van der Waals surface area contributed by atoms with Gasteiger partial charge < -0.3 is 19.5 Å². The summed E-state index contributed by atoms with van der Waals surface area (Å²) >= 11 is 12.8. The highest BCUT2D eigenvalue weighted by atomic mass is 35.5. The zero-order chi connectivity index (χ0) is 27.0. The number of amides is 1. The first-order valence-corrected chi connectivity index (χ1v) is 12.6. The predicted octanol–water partition coefficient (Wildman–Crippen LogP) is 3.14. The number of aromatic amines is 1. The number of aromatic carboxylic acids is 1. The van der Waals surface area contributed by atoms with Crippen LogP contribution in [-0.2, 0) is 11.2 Å². The fourth-order valence-electron chi connectivity index (χ4n) is 4.59. The smallest absolute Gasteiger partial charge is 0.362 e. The van der Waals surface area contributed by atoms with Gasteiger partial charge in [-0.2, -0.15) is 9.78 Å². The highest BCUT2D eigenvalue weighted by Gasteiger charge is 2.28. The zero-order valence-electron chi connectivity index (χ0n) is 19.9. The molecule has 38 heavy (non-hydrogen) atoms. The van der Waals surface area contributed by atoms with Crippen LogP contribution in [0.1, 0.15) is 39.3 Å². The summed E-state index contributed by atoms with van der Waals surface area (Å²) in [5, 5.41) is 12.8. The van der Waals surface area contributed by atoms with Crippen molar-refractivity contribution in [3.05, 3.63) is 78.0 Å². The first-order valence-electron chi connectivity index (χ1n) is 11.9. The van der Waals surface area contributed by atoms with Crippen LogP contribution in [0.4, 0.5) is 0 Å². The molecule has 3 aromatic rings. The molecule has 1 saturated heterocycles. The van der Waals surface area contributed by atoms with E-state index in [-0.39, 0.29) is 27.4 Å². The molecule has 1 fully saturated rings. The average Bonchev–Trinajstić information content (AvgIpc) is 2.88. The fourth-order valence-corrected chi connectivity index (χ4v) is 5.14. The number of carboxylic acid groups (broad SMARTS) is 1. The number of rotatable bonds is 6. The Morgan fingerprint density at radius 2 is 1.84 bits per heavy atom. The number of nitrogens with one attached hydrogen (secondary N) is 1. The van der Waals surface area contributed by atoms with Crippen LogP contribution in [0.2, 0.25) is 10.0 Å². The molecule has 5 rings (SSSR count). The van der Waals surface area contributed by atoms with Crippen LogP contribution in [0.25, 0.3) is 5.69 Å². The maximum atomic E-state index is 13.1. The van der Waals surface area contributed by atoms with Gasteiger partial charge in [0.05, 0.1) is 15.7 Å². The first kappa shape index (κ1) is 26.0. The summed E-state index contributed by atoms with van der Waals surface area (Å²) in [4.78, 5) is 52.0. The van der Waals surface area contributed by atoms with Crippen LogP contribution in [0.15, 0.2) is 39.9 Å². The summed E-state index contributed by atoms with van der Waals surface area (Å²) in [6.45, 7) is 2.80. The van der Waals surface area contributed by atoms with Gasteiger partial charge in [0, 0.05) is 31.9 Å². The van der Waals surface area contributed by atoms with E-state index in [0.29, 0.717) is 34.9 Å². The maximum absolute atomic E-state index is 13.1. The van der Waals surface area contributed by atoms with E-state index >= 15 is 0 Å². The lowest BCUT2D eigenvalue weighted by Gasteiger charge is -2.33. The van der Waals surface area contributed by atoms with Gasteiger partial charge in [0.2, 0.25) is 5.69 Å². The Hall–Kier alpha value is -3.67. The number of carboxylic acids is 1. The second-order valence-corrected chi connectivity index (χ2v) is 9.86. The number of carbonyl (C=O) groups is 2. The summed E-state index contributed by atoms with van der Waals surface area (Å²) in [7, 11) is 0. The van der Waals surface area contributed by atoms with Gasteiger partial charge in [-0.05, 0) is 61.1 Å². The van der Waals surface area contributed by atoms with Crippen molar-refractivity contribution in [2.45, 2.75) is 19.3 Å². The minimum absolute atomic E-state index is 0.00992. The molecule has 11 nitrogen and oxygen atoms in total. The third-order valence-corrected chi connectivity index (χ3v) is 7.10. The molecule has 3 heterocycles. The van der Waals surface area contributed by atoms with Gasteiger partial charge in [-0.1, -0.05) is 23.2 Å². The van der Waals surface area contributed by atoms with Crippen molar-refractivity contribution in [1.82, 2.24) is 19.7 Å². The van der Waals surface area contributed by atoms with Crippen molar-refractivity contribution in [2.24, 2.45) is 5.92 Å². The van der Waals surface area contributed by atoms with E-state index in [0.717, 1.165) is 38.2 Å². The molecule has 1 amide bonds. The van der Waals surface area contributed by atoms with E-state index in [1.54, 1.807) is 18.2 Å². The van der Waals surface area contributed by atoms with Gasteiger partial charge in [-0.3, -0.25) is 14.6 Å². The number of fused-ring (bicyclic) bond motifs is 1. The normalized spacial score (nSPS) is 15.8. The second kappa shape index (κ2) is 10.6. The molecular weight excluding hydrogens is 539 g/mol. The lowest BCUT2D eigenvalue weighted by Crippen LogP contribution is -2.41. The lowest BCUT2D eigenvalue weighted by atomic mass is 9.95. The Morgan fingerprint density at radius 3 is 2.53 bits per heavy atom. The third kappa shape index (κ3) is 5.17. The number of benzene rings is 2. The van der Waals surface area contributed by atoms with Crippen LogP contribution >= 0.6 is 23.2 Å². The minimum atomic E-state index is -1.60. The number of nitrogens with zero attached hydrogens (tertiary/aromatic N) is 3. The molecule has 2 N–H and O–H groups in total. The fraction of sp³-hybridized carbons (Fsp3) is 0.320. The summed E-state index contributed by atoms with van der Waals surface area (Å²) in [6.07, 6.45) is 2.59. The summed E-state index contributed by atoms with van der Waals surface area (Å²) in [5.41, 5.74) is -1.46. The summed E-state index contributed by atoms with van der Waals surface area (Å²) in [5.74, 6) is -0.657. The van der Waals surface area contributed by atoms with Gasteiger partial charge in [-0.15, -0.1) is 0 Å². The van der Waals surface area contributed by atoms with Crippen molar-refractivity contribution in [3.8, 4) is 17.2 Å². The van der Waals surface area contributed by atoms with Crippen molar-refractivity contribution in [1.29, 1.82) is 0 Å². The predicted molar refractivity (Wildman–Crippen MR) is 137 cm³/mol. The van der Waals surface area contributed by atoms with E-state index in [4.69, 9.17) is 37.8 Å². The summed E-state index contributed by atoms with van der Waals surface area (Å²) < 4.78 is 12.0. The molecule has 0 radical (unpaired) electrons. The van der Waals surface area contributed by atoms with Crippen molar-refractivity contribution in [2.75, 3.05) is 26.3 Å². The highest BCUT2D eigenvalue weighted by Crippen LogP contribution is 2.39. The molecule has 13 heteroatoms. The van der Waals surface area contributed by atoms with Crippen LogP contribution in [0.3, 0.4) is 0 Å². The Bertz CT molecular complexity index is 1520. The van der Waals surface area contributed by atoms with E-state index < -0.39 is 22.9 Å². The van der Waals surface area contributed by atoms with Crippen molar-refractivity contribution in [3.63, 3.8) is 0 Å². The maximum Gasteiger partial charge on any atom is 0.362 e. The Morgan fingerprint density at radius 1 is 1.13 bits per heavy atom. The van der Waals surface area contributed by atoms with Crippen molar-refractivity contribution >= 4 is 35.1 Å². The Labute approximate surface area is 225 Å². The lowest BCUT2D eigenvalue weighted by molar-refractivity contribution is 0.0449. The largest absolute Gasteiger partial charge is 0.476 e. The van der Waals surface area contributed by atoms with Gasteiger partial charge in [0.1, 0.15) is 5.75 Å². The topological polar surface area (TPSA) is 144 Å². The molecule has 0 saturated carbocycles. The first-order chi connectivity index (χ1) is 18.2. The van der Waals surface area contributed by atoms with E-state index in [1.807, 2.05) is 9.88 Å². The number of halogens is 2. The van der Waals surface area contributed by atoms with Gasteiger partial charge >= 0.3 is 11.7 Å². The number of carbonyl (C=O) groups excluding carboxylic acids is 1. The molecule has 2 aromatic carbocycles. The molecule has 0 bridgehead atoms. The van der Waals surface area contributed by atoms with Crippen molar-refractivity contribution < 1.29 is 24.2 Å². The second-order valence-electron chi connectivity index (χ2n) is 9.04. The molecule has 2 aliphatic rings. The molecule has 0 spiro atoms. The Balaban J connectivity index is 1.37. The van der Waals surface area contributed by atoms with E-state index in [9.17, 15) is 19.2 Å². The molecule has 1 aromatic heterocycles.